The molecule has 1 fully saturated rings. The average molecular weight is 305 g/mol. The second-order valence-corrected chi connectivity index (χ2v) is 6.18. The van der Waals surface area contributed by atoms with Crippen molar-refractivity contribution in [3.05, 3.63) is 29.6 Å². The van der Waals surface area contributed by atoms with Crippen LogP contribution in [-0.4, -0.2) is 48.6 Å². The van der Waals surface area contributed by atoms with Gasteiger partial charge in [-0.2, -0.15) is 0 Å². The maximum absolute atomic E-state index is 11.5. The molecule has 1 amide bonds. The number of ether oxygens (including phenoxy) is 1. The van der Waals surface area contributed by atoms with Gasteiger partial charge in [0.25, 0.3) is 0 Å². The summed E-state index contributed by atoms with van der Waals surface area (Å²) in [6.07, 6.45) is 7.18. The van der Waals surface area contributed by atoms with Crippen LogP contribution in [-0.2, 0) is 16.1 Å². The van der Waals surface area contributed by atoms with Gasteiger partial charge in [-0.25, -0.2) is 0 Å². The van der Waals surface area contributed by atoms with Crippen molar-refractivity contribution >= 4 is 5.91 Å². The molecule has 0 unspecified atom stereocenters. The summed E-state index contributed by atoms with van der Waals surface area (Å²) >= 11 is 0. The first kappa shape index (κ1) is 16.9. The van der Waals surface area contributed by atoms with Crippen LogP contribution in [0.5, 0.6) is 0 Å². The van der Waals surface area contributed by atoms with Crippen molar-refractivity contribution in [1.29, 1.82) is 0 Å². The van der Waals surface area contributed by atoms with Crippen molar-refractivity contribution in [1.82, 2.24) is 15.2 Å². The Morgan fingerprint density at radius 1 is 1.55 bits per heavy atom. The third-order valence-electron chi connectivity index (χ3n) is 4.67. The zero-order valence-electron chi connectivity index (χ0n) is 13.9. The van der Waals surface area contributed by atoms with E-state index in [2.05, 4.69) is 28.2 Å². The number of carbonyl (C=O) groups is 1. The lowest BCUT2D eigenvalue weighted by atomic mass is 9.87. The van der Waals surface area contributed by atoms with E-state index in [-0.39, 0.29) is 11.5 Å². The zero-order valence-corrected chi connectivity index (χ0v) is 13.9. The molecular weight excluding hydrogens is 278 g/mol. The zero-order chi connectivity index (χ0) is 16.0. The Morgan fingerprint density at radius 2 is 2.36 bits per heavy atom. The number of pyridine rings is 1. The van der Waals surface area contributed by atoms with Crippen LogP contribution in [0.15, 0.2) is 18.5 Å². The highest BCUT2D eigenvalue weighted by Crippen LogP contribution is 2.30. The number of piperidine rings is 1. The monoisotopic (exact) mass is 305 g/mol. The first-order chi connectivity index (χ1) is 10.6. The van der Waals surface area contributed by atoms with E-state index in [0.29, 0.717) is 6.42 Å². The lowest BCUT2D eigenvalue weighted by Gasteiger charge is -2.42. The van der Waals surface area contributed by atoms with E-state index in [1.165, 1.54) is 11.1 Å². The van der Waals surface area contributed by atoms with E-state index in [9.17, 15) is 4.79 Å². The molecule has 1 aliphatic heterocycles. The van der Waals surface area contributed by atoms with Gasteiger partial charge in [-0.3, -0.25) is 14.7 Å². The number of hydrogen-bond donors (Lipinski definition) is 1. The average Bonchev–Trinajstić information content (AvgIpc) is 2.55. The minimum absolute atomic E-state index is 0.0820. The second kappa shape index (κ2) is 7.70. The Hall–Kier alpha value is -1.46. The predicted molar refractivity (Wildman–Crippen MR) is 86.5 cm³/mol. The van der Waals surface area contributed by atoms with Crippen molar-refractivity contribution in [2.24, 2.45) is 0 Å². The fourth-order valence-electron chi connectivity index (χ4n) is 3.18. The lowest BCUT2D eigenvalue weighted by Crippen LogP contribution is -2.49. The number of rotatable bonds is 6. The highest BCUT2D eigenvalue weighted by molar-refractivity contribution is 5.75. The van der Waals surface area contributed by atoms with E-state index >= 15 is 0 Å². The second-order valence-electron chi connectivity index (χ2n) is 6.18. The van der Waals surface area contributed by atoms with Crippen LogP contribution in [0.4, 0.5) is 0 Å². The van der Waals surface area contributed by atoms with Crippen LogP contribution in [0, 0.1) is 6.92 Å². The number of aryl methyl sites for hydroxylation is 1. The van der Waals surface area contributed by atoms with Gasteiger partial charge in [-0.15, -0.1) is 0 Å². The molecule has 0 spiro atoms. The molecule has 2 rings (SSSR count). The van der Waals surface area contributed by atoms with Crippen molar-refractivity contribution in [2.45, 2.75) is 44.8 Å². The first-order valence-electron chi connectivity index (χ1n) is 7.96. The van der Waals surface area contributed by atoms with Crippen molar-refractivity contribution < 1.29 is 9.53 Å². The van der Waals surface area contributed by atoms with E-state index in [4.69, 9.17) is 4.74 Å². The smallest absolute Gasteiger partial charge is 0.219 e. The first-order valence-corrected chi connectivity index (χ1v) is 7.96. The molecule has 1 saturated heterocycles. The Labute approximate surface area is 133 Å². The molecule has 0 radical (unpaired) electrons. The summed E-state index contributed by atoms with van der Waals surface area (Å²) in [4.78, 5) is 18.1. The third-order valence-corrected chi connectivity index (χ3v) is 4.67. The van der Waals surface area contributed by atoms with Gasteiger partial charge in [0.1, 0.15) is 0 Å². The Bertz CT molecular complexity index is 506. The molecule has 2 heterocycles. The molecule has 1 atom stereocenters. The molecule has 22 heavy (non-hydrogen) atoms. The maximum Gasteiger partial charge on any atom is 0.219 e. The lowest BCUT2D eigenvalue weighted by molar-refractivity contribution is -0.124. The number of likely N-dealkylation sites (tertiary alicyclic amines) is 1. The molecule has 1 N–H and O–H groups in total. The van der Waals surface area contributed by atoms with E-state index in [1.807, 2.05) is 12.4 Å². The molecule has 0 saturated carbocycles. The molecule has 122 valence electrons. The Balaban J connectivity index is 2.00. The van der Waals surface area contributed by atoms with Gasteiger partial charge in [-0.1, -0.05) is 0 Å². The van der Waals surface area contributed by atoms with E-state index in [0.717, 1.165) is 38.9 Å². The fraction of sp³-hybridized carbons (Fsp3) is 0.647. The van der Waals surface area contributed by atoms with E-state index < -0.39 is 0 Å². The van der Waals surface area contributed by atoms with Gasteiger partial charge in [0.15, 0.2) is 0 Å². The number of nitrogens with zero attached hydrogens (tertiary/aromatic N) is 2. The SMILES string of the molecule is CNC(=O)CC[C@@]1(OC)CCCN(Cc2ccncc2C)C1. The van der Waals surface area contributed by atoms with Crippen LogP contribution >= 0.6 is 0 Å². The Morgan fingerprint density at radius 3 is 3.05 bits per heavy atom. The normalized spacial score (nSPS) is 22.5. The maximum atomic E-state index is 11.5. The number of hydrogen-bond acceptors (Lipinski definition) is 4. The summed E-state index contributed by atoms with van der Waals surface area (Å²) in [5.74, 6) is 0.0820. The molecule has 0 aliphatic carbocycles. The summed E-state index contributed by atoms with van der Waals surface area (Å²) in [6.45, 7) is 4.97. The molecule has 5 nitrogen and oxygen atoms in total. The number of aromatic nitrogens is 1. The van der Waals surface area contributed by atoms with Crippen LogP contribution in [0.2, 0.25) is 0 Å². The molecule has 1 aromatic rings. The van der Waals surface area contributed by atoms with Gasteiger partial charge in [0.2, 0.25) is 5.91 Å². The molecule has 1 aliphatic rings. The molecule has 0 bridgehead atoms. The van der Waals surface area contributed by atoms with Crippen LogP contribution < -0.4 is 5.32 Å². The topological polar surface area (TPSA) is 54.5 Å². The largest absolute Gasteiger partial charge is 0.377 e. The number of carbonyl (C=O) groups excluding carboxylic acids is 1. The van der Waals surface area contributed by atoms with Crippen molar-refractivity contribution in [3.63, 3.8) is 0 Å². The highest BCUT2D eigenvalue weighted by atomic mass is 16.5. The molecule has 0 aromatic carbocycles. The van der Waals surface area contributed by atoms with Gasteiger partial charge in [-0.05, 0) is 49.9 Å². The standard InChI is InChI=1S/C17H27N3O2/c1-14-11-19-9-6-15(14)12-20-10-4-7-17(13-20,22-3)8-5-16(21)18-2/h6,9,11H,4-5,7-8,10,12-13H2,1-3H3,(H,18,21)/t17-/m0/s1. The van der Waals surface area contributed by atoms with Gasteiger partial charge in [0, 0.05) is 46.1 Å². The third kappa shape index (κ3) is 4.27. The summed E-state index contributed by atoms with van der Waals surface area (Å²) in [5.41, 5.74) is 2.33. The predicted octanol–water partition coefficient (Wildman–Crippen LogP) is 1.90. The van der Waals surface area contributed by atoms with Crippen LogP contribution in [0.1, 0.15) is 36.8 Å². The quantitative estimate of drug-likeness (QED) is 0.872. The number of nitrogens with one attached hydrogen (secondary N) is 1. The van der Waals surface area contributed by atoms with Crippen molar-refractivity contribution in [2.75, 3.05) is 27.2 Å². The van der Waals surface area contributed by atoms with Crippen LogP contribution in [0.25, 0.3) is 0 Å². The minimum Gasteiger partial charge on any atom is -0.377 e. The summed E-state index contributed by atoms with van der Waals surface area (Å²) in [7, 11) is 3.45. The highest BCUT2D eigenvalue weighted by Gasteiger charge is 2.35. The summed E-state index contributed by atoms with van der Waals surface area (Å²) in [5, 5.41) is 2.69. The van der Waals surface area contributed by atoms with Gasteiger partial charge >= 0.3 is 0 Å². The van der Waals surface area contributed by atoms with Crippen molar-refractivity contribution in [3.8, 4) is 0 Å². The Kier molecular flexibility index (Phi) is 5.91. The summed E-state index contributed by atoms with van der Waals surface area (Å²) < 4.78 is 5.84. The van der Waals surface area contributed by atoms with Crippen LogP contribution in [0.3, 0.4) is 0 Å². The number of amides is 1. The fourth-order valence-corrected chi connectivity index (χ4v) is 3.18. The number of methoxy groups -OCH3 is 1. The molecule has 1 aromatic heterocycles. The van der Waals surface area contributed by atoms with Gasteiger partial charge < -0.3 is 10.1 Å². The molecule has 5 heteroatoms. The van der Waals surface area contributed by atoms with E-state index in [1.54, 1.807) is 14.2 Å². The molecular formula is C17H27N3O2. The van der Waals surface area contributed by atoms with Gasteiger partial charge in [0.05, 0.1) is 5.60 Å². The minimum atomic E-state index is -0.203. The summed E-state index contributed by atoms with van der Waals surface area (Å²) in [6, 6.07) is 2.09.